The van der Waals surface area contributed by atoms with Gasteiger partial charge in [-0.2, -0.15) is 5.10 Å². The summed E-state index contributed by atoms with van der Waals surface area (Å²) in [7, 11) is 3.10. The molecule has 16 heteroatoms. The van der Waals surface area contributed by atoms with Crippen molar-refractivity contribution >= 4 is 34.8 Å². The van der Waals surface area contributed by atoms with Gasteiger partial charge in [0.25, 0.3) is 0 Å². The molecule has 1 atom stereocenters. The monoisotopic (exact) mass is 700 g/mol. The van der Waals surface area contributed by atoms with Crippen molar-refractivity contribution in [2.45, 2.75) is 27.1 Å². The van der Waals surface area contributed by atoms with Gasteiger partial charge in [0.05, 0.1) is 37.2 Å². The highest BCUT2D eigenvalue weighted by Gasteiger charge is 2.31. The number of methoxy groups -OCH3 is 2. The van der Waals surface area contributed by atoms with Gasteiger partial charge in [-0.05, 0) is 85.6 Å². The summed E-state index contributed by atoms with van der Waals surface area (Å²) >= 11 is 1.17. The van der Waals surface area contributed by atoms with Crippen LogP contribution in [-0.4, -0.2) is 72.0 Å². The maximum atomic E-state index is 12.5. The smallest absolute Gasteiger partial charge is 0.497 e. The summed E-state index contributed by atoms with van der Waals surface area (Å²) in [6.45, 7) is 5.80. The van der Waals surface area contributed by atoms with Crippen LogP contribution in [0.5, 0.6) is 11.5 Å². The number of halogens is 3. The summed E-state index contributed by atoms with van der Waals surface area (Å²) in [4.78, 5) is 21.5. The van der Waals surface area contributed by atoms with Crippen molar-refractivity contribution in [1.29, 1.82) is 0 Å². The van der Waals surface area contributed by atoms with Gasteiger partial charge in [-0.15, -0.1) is 18.3 Å². The molecule has 0 bridgehead atoms. The highest BCUT2D eigenvalue weighted by molar-refractivity contribution is 8.13. The molecule has 0 aliphatic rings. The van der Waals surface area contributed by atoms with E-state index in [2.05, 4.69) is 25.3 Å². The number of aryl methyl sites for hydroxylation is 2. The van der Waals surface area contributed by atoms with Gasteiger partial charge < -0.3 is 23.7 Å². The van der Waals surface area contributed by atoms with E-state index < -0.39 is 18.2 Å². The first kappa shape index (κ1) is 36.9. The third-order valence-electron chi connectivity index (χ3n) is 6.65. The van der Waals surface area contributed by atoms with Gasteiger partial charge in [-0.1, -0.05) is 24.3 Å². The van der Waals surface area contributed by atoms with Crippen LogP contribution in [0.4, 0.5) is 18.9 Å². The minimum absolute atomic E-state index is 0.0110. The third-order valence-corrected chi connectivity index (χ3v) is 7.34. The lowest BCUT2D eigenvalue weighted by Gasteiger charge is -2.13. The van der Waals surface area contributed by atoms with Crippen molar-refractivity contribution < 1.29 is 41.7 Å². The number of carbonyl (C=O) groups is 1. The molecule has 49 heavy (non-hydrogen) atoms. The minimum Gasteiger partial charge on any atom is -0.497 e. The molecule has 1 aromatic heterocycles. The first-order valence-corrected chi connectivity index (χ1v) is 15.7. The largest absolute Gasteiger partial charge is 0.573 e. The van der Waals surface area contributed by atoms with Crippen LogP contribution in [0.1, 0.15) is 23.6 Å². The van der Waals surface area contributed by atoms with Crippen molar-refractivity contribution in [3.05, 3.63) is 83.7 Å². The fraction of sp³-hybridized carbons (Fsp3) is 0.303. The number of benzene rings is 3. The molecular formula is C33H35F3N6O6S. The van der Waals surface area contributed by atoms with Crippen molar-refractivity contribution in [3.63, 3.8) is 0 Å². The number of nitrogens with zero attached hydrogens (tertiary/aromatic N) is 5. The third kappa shape index (κ3) is 11.3. The van der Waals surface area contributed by atoms with E-state index in [1.165, 1.54) is 54.1 Å². The standard InChI is InChI=1S/C33H35F3N6O6S/c1-21-14-28(45-5)15-22(2)29(21)39-32(49-20-47-31(43)23(3)17-46-19-44-4)40-38-16-24-6-8-25(9-7-24)30-37-18-42(41-30)26-10-12-27(13-11-26)48-33(34,35)36/h6-16,18,23H,17,19-20H2,1-5H3,(H,39,40)/b38-16+. The van der Waals surface area contributed by atoms with Crippen molar-refractivity contribution in [2.24, 2.45) is 16.0 Å². The average molecular weight is 701 g/mol. The molecule has 0 radical (unpaired) electrons. The van der Waals surface area contributed by atoms with E-state index in [1.54, 1.807) is 20.2 Å². The quantitative estimate of drug-likeness (QED) is 0.0386. The predicted molar refractivity (Wildman–Crippen MR) is 179 cm³/mol. The molecule has 0 spiro atoms. The van der Waals surface area contributed by atoms with E-state index in [0.29, 0.717) is 28.0 Å². The molecule has 0 saturated carbocycles. The Kier molecular flexibility index (Phi) is 13.1. The number of hydrazone groups is 1. The van der Waals surface area contributed by atoms with Crippen LogP contribution in [0, 0.1) is 19.8 Å². The number of aromatic nitrogens is 3. The Bertz CT molecular complexity index is 1720. The van der Waals surface area contributed by atoms with Crippen LogP contribution in [0.3, 0.4) is 0 Å². The lowest BCUT2D eigenvalue weighted by Crippen LogP contribution is -2.21. The van der Waals surface area contributed by atoms with Gasteiger partial charge in [-0.25, -0.2) is 14.7 Å². The number of carbonyl (C=O) groups excluding carboxylic acids is 1. The van der Waals surface area contributed by atoms with Gasteiger partial charge >= 0.3 is 12.3 Å². The molecule has 3 aromatic carbocycles. The van der Waals surface area contributed by atoms with Crippen LogP contribution in [0.25, 0.3) is 17.1 Å². The lowest BCUT2D eigenvalue weighted by atomic mass is 10.1. The van der Waals surface area contributed by atoms with Gasteiger partial charge in [0.2, 0.25) is 0 Å². The zero-order chi connectivity index (χ0) is 35.4. The molecule has 1 heterocycles. The molecule has 0 aliphatic carbocycles. The lowest BCUT2D eigenvalue weighted by molar-refractivity contribution is -0.274. The number of hydrogen-bond acceptors (Lipinski definition) is 11. The Hall–Kier alpha value is -4.93. The van der Waals surface area contributed by atoms with Crippen LogP contribution >= 0.6 is 11.8 Å². The minimum atomic E-state index is -4.77. The van der Waals surface area contributed by atoms with E-state index >= 15 is 0 Å². The van der Waals surface area contributed by atoms with Gasteiger partial charge in [-0.3, -0.25) is 10.2 Å². The number of rotatable bonds is 14. The SMILES string of the molecule is COCOCC(C)C(=O)OCSC(=Nc1c(C)cc(OC)cc1C)N/N=C/c1ccc(-c2ncn(-c3ccc(OC(F)(F)F)cc3)n2)cc1. The Labute approximate surface area is 285 Å². The molecule has 0 saturated heterocycles. The van der Waals surface area contributed by atoms with E-state index in [0.717, 1.165) is 22.4 Å². The van der Waals surface area contributed by atoms with Gasteiger partial charge in [0, 0.05) is 12.7 Å². The van der Waals surface area contributed by atoms with Crippen molar-refractivity contribution in [2.75, 3.05) is 33.6 Å². The summed E-state index contributed by atoms with van der Waals surface area (Å²) in [6.07, 6.45) is -1.70. The van der Waals surface area contributed by atoms with Gasteiger partial charge in [0.15, 0.2) is 11.0 Å². The van der Waals surface area contributed by atoms with Crippen LogP contribution < -0.4 is 14.9 Å². The van der Waals surface area contributed by atoms with Crippen molar-refractivity contribution in [1.82, 2.24) is 20.2 Å². The molecule has 4 aromatic rings. The van der Waals surface area contributed by atoms with E-state index in [1.807, 2.05) is 50.2 Å². The zero-order valence-electron chi connectivity index (χ0n) is 27.4. The Morgan fingerprint density at radius 2 is 1.73 bits per heavy atom. The number of aliphatic imine (C=N–C) groups is 1. The van der Waals surface area contributed by atoms with E-state index in [4.69, 9.17) is 23.9 Å². The number of alkyl halides is 3. The van der Waals surface area contributed by atoms with E-state index in [-0.39, 0.29) is 25.1 Å². The Balaban J connectivity index is 1.42. The molecule has 1 N–H and O–H groups in total. The predicted octanol–water partition coefficient (Wildman–Crippen LogP) is 6.56. The highest BCUT2D eigenvalue weighted by Crippen LogP contribution is 2.30. The summed E-state index contributed by atoms with van der Waals surface area (Å²) in [5.74, 6) is -0.105. The Morgan fingerprint density at radius 1 is 1.04 bits per heavy atom. The first-order chi connectivity index (χ1) is 23.5. The molecule has 0 fully saturated rings. The highest BCUT2D eigenvalue weighted by atomic mass is 32.2. The maximum Gasteiger partial charge on any atom is 0.573 e. The fourth-order valence-electron chi connectivity index (χ4n) is 4.26. The number of nitrogens with one attached hydrogen (secondary N) is 1. The first-order valence-electron chi connectivity index (χ1n) is 14.7. The number of esters is 1. The second-order valence-electron chi connectivity index (χ2n) is 10.5. The molecule has 0 amide bonds. The van der Waals surface area contributed by atoms with E-state index in [9.17, 15) is 18.0 Å². The second-order valence-corrected chi connectivity index (χ2v) is 11.4. The Morgan fingerprint density at radius 3 is 2.37 bits per heavy atom. The molecule has 260 valence electrons. The normalized spacial score (nSPS) is 12.6. The van der Waals surface area contributed by atoms with Crippen LogP contribution in [0.2, 0.25) is 0 Å². The topological polar surface area (TPSA) is 131 Å². The number of ether oxygens (including phenoxy) is 5. The molecule has 4 rings (SSSR count). The summed E-state index contributed by atoms with van der Waals surface area (Å²) in [5, 5.41) is 9.17. The van der Waals surface area contributed by atoms with Crippen LogP contribution in [-0.2, 0) is 19.0 Å². The zero-order valence-corrected chi connectivity index (χ0v) is 28.2. The summed E-state index contributed by atoms with van der Waals surface area (Å²) in [6, 6.07) is 16.3. The van der Waals surface area contributed by atoms with Crippen LogP contribution in [0.15, 0.2) is 77.1 Å². The summed E-state index contributed by atoms with van der Waals surface area (Å²) in [5.41, 5.74) is 7.44. The maximum absolute atomic E-state index is 12.5. The number of hydrogen-bond donors (Lipinski definition) is 1. The molecule has 1 unspecified atom stereocenters. The molecule has 0 aliphatic heterocycles. The number of thioether (sulfide) groups is 1. The van der Waals surface area contributed by atoms with Crippen molar-refractivity contribution in [3.8, 4) is 28.6 Å². The average Bonchev–Trinajstić information content (AvgIpc) is 3.56. The second kappa shape index (κ2) is 17.5. The fourth-order valence-corrected chi connectivity index (χ4v) is 4.82. The molecular weight excluding hydrogens is 665 g/mol. The molecule has 12 nitrogen and oxygen atoms in total. The number of amidine groups is 1. The summed E-state index contributed by atoms with van der Waals surface area (Å²) < 4.78 is 63.6. The van der Waals surface area contributed by atoms with Gasteiger partial charge in [0.1, 0.15) is 30.6 Å².